The maximum Gasteiger partial charge on any atom is 0.387 e. The van der Waals surface area contributed by atoms with Crippen LogP contribution < -0.4 is 9.47 Å². The second-order valence-electron chi connectivity index (χ2n) is 4.82. The highest BCUT2D eigenvalue weighted by Crippen LogP contribution is 2.31. The van der Waals surface area contributed by atoms with Gasteiger partial charge in [-0.1, -0.05) is 18.2 Å². The normalized spacial score (nSPS) is 14.7. The molecule has 1 unspecified atom stereocenters. The Balaban J connectivity index is 1.86. The number of aliphatic hydroxyl groups is 1. The third-order valence-corrected chi connectivity index (χ3v) is 3.43. The predicted molar refractivity (Wildman–Crippen MR) is 72.8 cm³/mol. The van der Waals surface area contributed by atoms with Crippen molar-refractivity contribution in [1.82, 2.24) is 0 Å². The zero-order chi connectivity index (χ0) is 14.8. The summed E-state index contributed by atoms with van der Waals surface area (Å²) in [5.74, 6) is 0.867. The van der Waals surface area contributed by atoms with Crippen molar-refractivity contribution in [2.45, 2.75) is 19.1 Å². The number of ether oxygens (including phenoxy) is 2. The Morgan fingerprint density at radius 3 is 2.71 bits per heavy atom. The summed E-state index contributed by atoms with van der Waals surface area (Å²) in [5, 5.41) is 10.4. The highest BCUT2D eigenvalue weighted by molar-refractivity contribution is 5.43. The van der Waals surface area contributed by atoms with E-state index >= 15 is 0 Å². The lowest BCUT2D eigenvalue weighted by molar-refractivity contribution is -0.0499. The van der Waals surface area contributed by atoms with E-state index in [0.717, 1.165) is 17.7 Å². The van der Waals surface area contributed by atoms with E-state index in [1.807, 2.05) is 12.1 Å². The number of halogens is 2. The van der Waals surface area contributed by atoms with Crippen molar-refractivity contribution in [1.29, 1.82) is 0 Å². The first-order valence-corrected chi connectivity index (χ1v) is 6.62. The Morgan fingerprint density at radius 2 is 1.90 bits per heavy atom. The molecule has 0 fully saturated rings. The van der Waals surface area contributed by atoms with Crippen LogP contribution in [0.2, 0.25) is 0 Å². The van der Waals surface area contributed by atoms with Crippen molar-refractivity contribution < 1.29 is 23.4 Å². The Morgan fingerprint density at radius 1 is 1.10 bits per heavy atom. The molecule has 0 aromatic heterocycles. The average molecular weight is 292 g/mol. The molecule has 1 aliphatic rings. The maximum atomic E-state index is 12.2. The Labute approximate surface area is 120 Å². The van der Waals surface area contributed by atoms with Gasteiger partial charge < -0.3 is 14.6 Å². The van der Waals surface area contributed by atoms with Crippen LogP contribution in [-0.4, -0.2) is 18.3 Å². The minimum atomic E-state index is -2.88. The highest BCUT2D eigenvalue weighted by Gasteiger charge is 2.17. The van der Waals surface area contributed by atoms with Crippen molar-refractivity contribution in [2.24, 2.45) is 0 Å². The maximum absolute atomic E-state index is 12.2. The molecule has 1 atom stereocenters. The first-order chi connectivity index (χ1) is 10.1. The van der Waals surface area contributed by atoms with Crippen LogP contribution in [0.5, 0.6) is 11.5 Å². The molecule has 0 saturated carbocycles. The highest BCUT2D eigenvalue weighted by atomic mass is 19.3. The van der Waals surface area contributed by atoms with E-state index in [1.165, 1.54) is 12.1 Å². The largest absolute Gasteiger partial charge is 0.493 e. The third-order valence-electron chi connectivity index (χ3n) is 3.43. The van der Waals surface area contributed by atoms with Gasteiger partial charge in [-0.15, -0.1) is 0 Å². The molecule has 0 spiro atoms. The van der Waals surface area contributed by atoms with E-state index in [9.17, 15) is 13.9 Å². The van der Waals surface area contributed by atoms with Gasteiger partial charge in [-0.2, -0.15) is 8.78 Å². The summed E-state index contributed by atoms with van der Waals surface area (Å²) in [5.41, 5.74) is 2.26. The average Bonchev–Trinajstić information content (AvgIpc) is 2.93. The number of hydrogen-bond donors (Lipinski definition) is 1. The molecule has 5 heteroatoms. The molecule has 3 nitrogen and oxygen atoms in total. The lowest BCUT2D eigenvalue weighted by Crippen LogP contribution is -2.04. The number of benzene rings is 2. The van der Waals surface area contributed by atoms with Crippen molar-refractivity contribution in [3.05, 3.63) is 59.2 Å². The molecule has 21 heavy (non-hydrogen) atoms. The quantitative estimate of drug-likeness (QED) is 0.939. The van der Waals surface area contributed by atoms with Gasteiger partial charge in [0.2, 0.25) is 0 Å². The molecule has 0 radical (unpaired) electrons. The summed E-state index contributed by atoms with van der Waals surface area (Å²) < 4.78 is 34.2. The number of alkyl halides is 2. The van der Waals surface area contributed by atoms with Gasteiger partial charge in [-0.3, -0.25) is 0 Å². The fourth-order valence-corrected chi connectivity index (χ4v) is 2.43. The van der Waals surface area contributed by atoms with E-state index in [1.54, 1.807) is 18.2 Å². The van der Waals surface area contributed by atoms with Crippen LogP contribution in [0, 0.1) is 0 Å². The Bertz CT molecular complexity index is 643. The monoisotopic (exact) mass is 292 g/mol. The van der Waals surface area contributed by atoms with E-state index in [-0.39, 0.29) is 5.75 Å². The van der Waals surface area contributed by atoms with Crippen molar-refractivity contribution in [3.8, 4) is 11.5 Å². The molecule has 1 aliphatic heterocycles. The molecule has 110 valence electrons. The fourth-order valence-electron chi connectivity index (χ4n) is 2.43. The number of rotatable bonds is 4. The minimum Gasteiger partial charge on any atom is -0.493 e. The van der Waals surface area contributed by atoms with Crippen LogP contribution in [0.15, 0.2) is 42.5 Å². The third kappa shape index (κ3) is 2.97. The number of aliphatic hydroxyl groups excluding tert-OH is 1. The van der Waals surface area contributed by atoms with E-state index in [2.05, 4.69) is 4.74 Å². The second kappa shape index (κ2) is 5.69. The van der Waals surface area contributed by atoms with Crippen molar-refractivity contribution in [2.75, 3.05) is 6.61 Å². The first-order valence-electron chi connectivity index (χ1n) is 6.62. The van der Waals surface area contributed by atoms with Gasteiger partial charge in [-0.05, 0) is 41.0 Å². The van der Waals surface area contributed by atoms with Gasteiger partial charge >= 0.3 is 6.61 Å². The minimum absolute atomic E-state index is 0.0334. The topological polar surface area (TPSA) is 38.7 Å². The molecule has 0 aliphatic carbocycles. The van der Waals surface area contributed by atoms with Crippen LogP contribution in [0.1, 0.15) is 22.8 Å². The van der Waals surface area contributed by atoms with Crippen LogP contribution in [-0.2, 0) is 6.42 Å². The molecule has 0 amide bonds. The summed E-state index contributed by atoms with van der Waals surface area (Å²) in [6, 6.07) is 11.6. The summed E-state index contributed by atoms with van der Waals surface area (Å²) in [6.07, 6.45) is -0.0816. The summed E-state index contributed by atoms with van der Waals surface area (Å²) in [4.78, 5) is 0. The SMILES string of the molecule is OC(c1cccc(OC(F)F)c1)c1ccc2c(c1)CCO2. The molecular formula is C16H14F2O3. The van der Waals surface area contributed by atoms with Crippen LogP contribution >= 0.6 is 0 Å². The van der Waals surface area contributed by atoms with Gasteiger partial charge in [0.05, 0.1) is 6.61 Å². The Hall–Kier alpha value is -2.14. The number of hydrogen-bond acceptors (Lipinski definition) is 3. The van der Waals surface area contributed by atoms with Gasteiger partial charge in [0.15, 0.2) is 0 Å². The molecule has 2 aromatic carbocycles. The van der Waals surface area contributed by atoms with Crippen LogP contribution in [0.3, 0.4) is 0 Å². The summed E-state index contributed by atoms with van der Waals surface area (Å²) >= 11 is 0. The van der Waals surface area contributed by atoms with Crippen molar-refractivity contribution >= 4 is 0 Å². The molecule has 0 bridgehead atoms. The van der Waals surface area contributed by atoms with Gasteiger partial charge in [0.25, 0.3) is 0 Å². The molecule has 1 heterocycles. The zero-order valence-corrected chi connectivity index (χ0v) is 11.1. The lowest BCUT2D eigenvalue weighted by Gasteiger charge is -2.14. The standard InChI is InChI=1S/C16H14F2O3/c17-16(18)21-13-3-1-2-11(9-13)15(19)12-4-5-14-10(8-12)6-7-20-14/h1-5,8-9,15-16,19H,6-7H2. The van der Waals surface area contributed by atoms with E-state index < -0.39 is 12.7 Å². The zero-order valence-electron chi connectivity index (χ0n) is 11.1. The summed E-state index contributed by atoms with van der Waals surface area (Å²) in [6.45, 7) is -2.23. The first kappa shape index (κ1) is 13.8. The number of fused-ring (bicyclic) bond motifs is 1. The molecule has 0 saturated heterocycles. The molecule has 3 rings (SSSR count). The predicted octanol–water partition coefficient (Wildman–Crippen LogP) is 3.30. The molecular weight excluding hydrogens is 278 g/mol. The molecule has 2 aromatic rings. The van der Waals surface area contributed by atoms with Gasteiger partial charge in [0, 0.05) is 6.42 Å². The van der Waals surface area contributed by atoms with Gasteiger partial charge in [0.1, 0.15) is 17.6 Å². The van der Waals surface area contributed by atoms with Crippen LogP contribution in [0.4, 0.5) is 8.78 Å². The molecule has 1 N–H and O–H groups in total. The fraction of sp³-hybridized carbons (Fsp3) is 0.250. The van der Waals surface area contributed by atoms with E-state index in [4.69, 9.17) is 4.74 Å². The Kier molecular flexibility index (Phi) is 3.75. The lowest BCUT2D eigenvalue weighted by atomic mass is 9.99. The smallest absolute Gasteiger partial charge is 0.387 e. The second-order valence-corrected chi connectivity index (χ2v) is 4.82. The van der Waals surface area contributed by atoms with Crippen LogP contribution in [0.25, 0.3) is 0 Å². The summed E-state index contributed by atoms with van der Waals surface area (Å²) in [7, 11) is 0. The van der Waals surface area contributed by atoms with Gasteiger partial charge in [-0.25, -0.2) is 0 Å². The van der Waals surface area contributed by atoms with Crippen molar-refractivity contribution in [3.63, 3.8) is 0 Å². The van der Waals surface area contributed by atoms with E-state index in [0.29, 0.717) is 17.7 Å².